The highest BCUT2D eigenvalue weighted by Gasteiger charge is 2.10. The number of hydrogen-bond acceptors (Lipinski definition) is 2. The van der Waals surface area contributed by atoms with Crippen molar-refractivity contribution in [2.24, 2.45) is 5.92 Å². The Morgan fingerprint density at radius 3 is 3.10 bits per heavy atom. The summed E-state index contributed by atoms with van der Waals surface area (Å²) in [6.45, 7) is 0.288. The molecule has 0 spiro atoms. The molecule has 1 unspecified atom stereocenters. The second-order valence-electron chi connectivity index (χ2n) is 2.56. The van der Waals surface area contributed by atoms with Gasteiger partial charge in [0.1, 0.15) is 0 Å². The van der Waals surface area contributed by atoms with Crippen LogP contribution in [0, 0.1) is 5.92 Å². The monoisotopic (exact) mass is 158 g/mol. The lowest BCUT2D eigenvalue weighted by Gasteiger charge is -1.97. The molecule has 0 aromatic carbocycles. The fourth-order valence-electron chi connectivity index (χ4n) is 1.07. The van der Waals surface area contributed by atoms with Gasteiger partial charge in [-0.25, -0.2) is 0 Å². The van der Waals surface area contributed by atoms with E-state index < -0.39 is 0 Å². The van der Waals surface area contributed by atoms with Crippen LogP contribution in [0.25, 0.3) is 0 Å². The van der Waals surface area contributed by atoms with Crippen molar-refractivity contribution in [3.63, 3.8) is 0 Å². The molecule has 1 heterocycles. The average molecular weight is 158 g/mol. The van der Waals surface area contributed by atoms with Gasteiger partial charge in [0.05, 0.1) is 0 Å². The van der Waals surface area contributed by atoms with Gasteiger partial charge in [0.15, 0.2) is 0 Å². The van der Waals surface area contributed by atoms with E-state index in [0.29, 0.717) is 0 Å². The quantitative estimate of drug-likeness (QED) is 0.631. The fraction of sp³-hybridized carbons (Fsp3) is 0.750. The van der Waals surface area contributed by atoms with Crippen molar-refractivity contribution in [2.45, 2.75) is 12.8 Å². The van der Waals surface area contributed by atoms with Crippen molar-refractivity contribution in [3.05, 3.63) is 12.2 Å². The number of hydrogen-bond donors (Lipinski definition) is 1. The number of aliphatic hydroxyl groups is 1. The summed E-state index contributed by atoms with van der Waals surface area (Å²) in [6, 6.07) is 0. The van der Waals surface area contributed by atoms with E-state index in [1.54, 1.807) is 0 Å². The van der Waals surface area contributed by atoms with Crippen molar-refractivity contribution in [2.75, 3.05) is 18.1 Å². The standard InChI is InChI=1S/C8H14OS/c9-5-2-1-3-8-4-6-10-7-8/h1,3,8-9H,2,4-7H2/b3-1-. The maximum Gasteiger partial charge on any atom is 0.0465 e. The third kappa shape index (κ3) is 2.76. The number of aliphatic hydroxyl groups excluding tert-OH is 1. The molecule has 1 fully saturated rings. The third-order valence-corrected chi connectivity index (χ3v) is 2.86. The lowest BCUT2D eigenvalue weighted by molar-refractivity contribution is 0.302. The number of allylic oxidation sites excluding steroid dienone is 1. The van der Waals surface area contributed by atoms with Gasteiger partial charge in [0.25, 0.3) is 0 Å². The number of rotatable bonds is 3. The Hall–Kier alpha value is 0.0500. The Bertz CT molecular complexity index is 106. The molecule has 10 heavy (non-hydrogen) atoms. The highest BCUT2D eigenvalue weighted by atomic mass is 32.2. The van der Waals surface area contributed by atoms with Crippen LogP contribution >= 0.6 is 11.8 Å². The van der Waals surface area contributed by atoms with Crippen LogP contribution in [-0.4, -0.2) is 23.2 Å². The average Bonchev–Trinajstić information content (AvgIpc) is 2.41. The van der Waals surface area contributed by atoms with Gasteiger partial charge in [-0.1, -0.05) is 12.2 Å². The molecule has 1 rings (SSSR count). The Balaban J connectivity index is 2.10. The van der Waals surface area contributed by atoms with E-state index in [0.717, 1.165) is 12.3 Å². The molecule has 0 aromatic heterocycles. The van der Waals surface area contributed by atoms with Crippen LogP contribution < -0.4 is 0 Å². The third-order valence-electron chi connectivity index (χ3n) is 1.67. The SMILES string of the molecule is OCC/C=C\C1CCSC1. The van der Waals surface area contributed by atoms with E-state index in [9.17, 15) is 0 Å². The van der Waals surface area contributed by atoms with Crippen molar-refractivity contribution >= 4 is 11.8 Å². The number of thioether (sulfide) groups is 1. The van der Waals surface area contributed by atoms with Crippen LogP contribution in [0.15, 0.2) is 12.2 Å². The van der Waals surface area contributed by atoms with Crippen molar-refractivity contribution < 1.29 is 5.11 Å². The maximum absolute atomic E-state index is 8.48. The lowest BCUT2D eigenvalue weighted by atomic mass is 10.1. The minimum atomic E-state index is 0.288. The molecule has 1 saturated heterocycles. The Morgan fingerprint density at radius 2 is 2.50 bits per heavy atom. The Kier molecular flexibility index (Phi) is 3.91. The van der Waals surface area contributed by atoms with E-state index >= 15 is 0 Å². The van der Waals surface area contributed by atoms with Crippen LogP contribution in [-0.2, 0) is 0 Å². The zero-order chi connectivity index (χ0) is 7.23. The molecule has 0 bridgehead atoms. The van der Waals surface area contributed by atoms with Crippen LogP contribution in [0.4, 0.5) is 0 Å². The molecule has 1 N–H and O–H groups in total. The first-order chi connectivity index (χ1) is 4.93. The zero-order valence-electron chi connectivity index (χ0n) is 6.12. The summed E-state index contributed by atoms with van der Waals surface area (Å²) in [5.74, 6) is 3.38. The normalized spacial score (nSPS) is 26.3. The topological polar surface area (TPSA) is 20.2 Å². The van der Waals surface area contributed by atoms with Gasteiger partial charge < -0.3 is 5.11 Å². The Labute approximate surface area is 66.5 Å². The second kappa shape index (κ2) is 4.80. The smallest absolute Gasteiger partial charge is 0.0465 e. The van der Waals surface area contributed by atoms with Crippen molar-refractivity contribution in [1.82, 2.24) is 0 Å². The summed E-state index contributed by atoms with van der Waals surface area (Å²) < 4.78 is 0. The highest BCUT2D eigenvalue weighted by molar-refractivity contribution is 7.99. The van der Waals surface area contributed by atoms with Crippen LogP contribution in [0.1, 0.15) is 12.8 Å². The van der Waals surface area contributed by atoms with Gasteiger partial charge in [-0.3, -0.25) is 0 Å². The molecular weight excluding hydrogens is 144 g/mol. The summed E-state index contributed by atoms with van der Waals surface area (Å²) in [6.07, 6.45) is 6.49. The van der Waals surface area contributed by atoms with Gasteiger partial charge in [0.2, 0.25) is 0 Å². The van der Waals surface area contributed by atoms with Crippen LogP contribution in [0.3, 0.4) is 0 Å². The highest BCUT2D eigenvalue weighted by Crippen LogP contribution is 2.24. The van der Waals surface area contributed by atoms with E-state index in [2.05, 4.69) is 12.2 Å². The molecule has 0 aromatic rings. The molecular formula is C8H14OS. The van der Waals surface area contributed by atoms with Gasteiger partial charge in [-0.05, 0) is 30.3 Å². The minimum absolute atomic E-state index is 0.288. The summed E-state index contributed by atoms with van der Waals surface area (Å²) in [4.78, 5) is 0. The van der Waals surface area contributed by atoms with E-state index in [1.807, 2.05) is 11.8 Å². The zero-order valence-corrected chi connectivity index (χ0v) is 6.94. The van der Waals surface area contributed by atoms with E-state index in [-0.39, 0.29) is 6.61 Å². The summed E-state index contributed by atoms with van der Waals surface area (Å²) in [5, 5.41) is 8.48. The van der Waals surface area contributed by atoms with Gasteiger partial charge in [0, 0.05) is 6.61 Å². The summed E-state index contributed by atoms with van der Waals surface area (Å²) in [7, 11) is 0. The molecule has 0 amide bonds. The fourth-order valence-corrected chi connectivity index (χ4v) is 2.28. The second-order valence-corrected chi connectivity index (χ2v) is 3.71. The molecule has 1 nitrogen and oxygen atoms in total. The van der Waals surface area contributed by atoms with Crippen molar-refractivity contribution in [3.8, 4) is 0 Å². The molecule has 58 valence electrons. The van der Waals surface area contributed by atoms with E-state index in [4.69, 9.17) is 5.11 Å². The molecule has 1 aliphatic rings. The first-order valence-corrected chi connectivity index (χ1v) is 4.94. The largest absolute Gasteiger partial charge is 0.396 e. The molecule has 0 radical (unpaired) electrons. The van der Waals surface area contributed by atoms with Gasteiger partial charge >= 0.3 is 0 Å². The first-order valence-electron chi connectivity index (χ1n) is 3.78. The molecule has 0 aliphatic carbocycles. The maximum atomic E-state index is 8.48. The Morgan fingerprint density at radius 1 is 1.60 bits per heavy atom. The lowest BCUT2D eigenvalue weighted by Crippen LogP contribution is -1.91. The van der Waals surface area contributed by atoms with Crippen LogP contribution in [0.2, 0.25) is 0 Å². The molecule has 1 aliphatic heterocycles. The summed E-state index contributed by atoms with van der Waals surface area (Å²) >= 11 is 2.03. The first kappa shape index (κ1) is 8.15. The van der Waals surface area contributed by atoms with Gasteiger partial charge in [-0.2, -0.15) is 11.8 Å². The summed E-state index contributed by atoms with van der Waals surface area (Å²) in [5.41, 5.74) is 0. The molecule has 0 saturated carbocycles. The van der Waals surface area contributed by atoms with E-state index in [1.165, 1.54) is 17.9 Å². The minimum Gasteiger partial charge on any atom is -0.396 e. The molecule has 2 heteroatoms. The van der Waals surface area contributed by atoms with Crippen molar-refractivity contribution in [1.29, 1.82) is 0 Å². The predicted molar refractivity (Wildman–Crippen MR) is 46.3 cm³/mol. The predicted octanol–water partition coefficient (Wildman–Crippen LogP) is 1.68. The van der Waals surface area contributed by atoms with Gasteiger partial charge in [-0.15, -0.1) is 0 Å². The van der Waals surface area contributed by atoms with Crippen LogP contribution in [0.5, 0.6) is 0 Å². The molecule has 1 atom stereocenters.